The Balaban J connectivity index is 0.00000364. The van der Waals surface area contributed by atoms with E-state index in [0.29, 0.717) is 12.6 Å². The fourth-order valence-corrected chi connectivity index (χ4v) is 2.97. The average molecular weight is 450 g/mol. The van der Waals surface area contributed by atoms with Crippen molar-refractivity contribution >= 4 is 36.4 Å². The highest BCUT2D eigenvalue weighted by Crippen LogP contribution is 2.20. The van der Waals surface area contributed by atoms with Crippen molar-refractivity contribution in [3.05, 3.63) is 64.7 Å². The van der Waals surface area contributed by atoms with E-state index in [1.165, 1.54) is 5.56 Å². The van der Waals surface area contributed by atoms with Crippen molar-refractivity contribution in [1.29, 1.82) is 0 Å². The van der Waals surface area contributed by atoms with Crippen molar-refractivity contribution in [1.82, 2.24) is 10.6 Å². The molecule has 158 valence electrons. The second-order valence-electron chi connectivity index (χ2n) is 6.39. The standard InChI is InChI=1S/C21H29ClN2O2.2ClH/c1-16(13-17-7-9-20(10-8-17)26-12-11-23-2)24-15-21(25-3)18-5-4-6-19(22)14-18;;/h4-10,14,16,21,23-24H,11-13,15H2,1-3H3;2*1H. The summed E-state index contributed by atoms with van der Waals surface area (Å²) in [7, 11) is 3.64. The lowest BCUT2D eigenvalue weighted by molar-refractivity contribution is 0.0999. The predicted molar refractivity (Wildman–Crippen MR) is 123 cm³/mol. The summed E-state index contributed by atoms with van der Waals surface area (Å²) in [5.74, 6) is 0.907. The van der Waals surface area contributed by atoms with Gasteiger partial charge in [0.15, 0.2) is 0 Å². The maximum atomic E-state index is 6.08. The van der Waals surface area contributed by atoms with E-state index in [-0.39, 0.29) is 30.9 Å². The summed E-state index contributed by atoms with van der Waals surface area (Å²) in [5.41, 5.74) is 2.37. The molecule has 0 fully saturated rings. The van der Waals surface area contributed by atoms with Crippen molar-refractivity contribution in [2.24, 2.45) is 0 Å². The van der Waals surface area contributed by atoms with Gasteiger partial charge in [-0.1, -0.05) is 35.9 Å². The number of ether oxygens (including phenoxy) is 2. The van der Waals surface area contributed by atoms with E-state index in [4.69, 9.17) is 21.1 Å². The second kappa shape index (κ2) is 14.9. The van der Waals surface area contributed by atoms with E-state index in [0.717, 1.165) is 35.8 Å². The molecule has 0 saturated heterocycles. The molecule has 0 radical (unpaired) electrons. The lowest BCUT2D eigenvalue weighted by atomic mass is 10.1. The van der Waals surface area contributed by atoms with Crippen LogP contribution in [-0.4, -0.2) is 39.9 Å². The third-order valence-corrected chi connectivity index (χ3v) is 4.48. The lowest BCUT2D eigenvalue weighted by Crippen LogP contribution is -2.32. The first-order chi connectivity index (χ1) is 12.6. The molecule has 2 aromatic carbocycles. The summed E-state index contributed by atoms with van der Waals surface area (Å²) in [6.45, 7) is 4.44. The van der Waals surface area contributed by atoms with Crippen LogP contribution in [0.15, 0.2) is 48.5 Å². The van der Waals surface area contributed by atoms with Crippen LogP contribution >= 0.6 is 36.4 Å². The van der Waals surface area contributed by atoms with Gasteiger partial charge in [-0.25, -0.2) is 0 Å². The number of benzene rings is 2. The molecule has 0 heterocycles. The third-order valence-electron chi connectivity index (χ3n) is 4.24. The van der Waals surface area contributed by atoms with Gasteiger partial charge in [0, 0.05) is 31.3 Å². The van der Waals surface area contributed by atoms with Gasteiger partial charge in [0.05, 0.1) is 6.10 Å². The molecule has 2 atom stereocenters. The van der Waals surface area contributed by atoms with Crippen LogP contribution in [0, 0.1) is 0 Å². The molecule has 0 aliphatic rings. The van der Waals surface area contributed by atoms with E-state index >= 15 is 0 Å². The van der Waals surface area contributed by atoms with Gasteiger partial charge in [-0.05, 0) is 55.8 Å². The Labute approximate surface area is 186 Å². The molecule has 0 amide bonds. The molecule has 0 aliphatic heterocycles. The summed E-state index contributed by atoms with van der Waals surface area (Å²) >= 11 is 6.08. The summed E-state index contributed by atoms with van der Waals surface area (Å²) < 4.78 is 11.3. The van der Waals surface area contributed by atoms with Crippen LogP contribution < -0.4 is 15.4 Å². The molecular formula is C21H31Cl3N2O2. The Kier molecular flexibility index (Phi) is 14.4. The highest BCUT2D eigenvalue weighted by molar-refractivity contribution is 6.30. The van der Waals surface area contributed by atoms with Crippen molar-refractivity contribution in [3.8, 4) is 5.75 Å². The number of hydrogen-bond donors (Lipinski definition) is 2. The average Bonchev–Trinajstić information content (AvgIpc) is 2.64. The van der Waals surface area contributed by atoms with E-state index in [2.05, 4.69) is 29.7 Å². The van der Waals surface area contributed by atoms with Crippen LogP contribution in [0.1, 0.15) is 24.2 Å². The third kappa shape index (κ3) is 9.46. The maximum absolute atomic E-state index is 6.08. The predicted octanol–water partition coefficient (Wildman–Crippen LogP) is 4.69. The maximum Gasteiger partial charge on any atom is 0.119 e. The molecule has 28 heavy (non-hydrogen) atoms. The largest absolute Gasteiger partial charge is 0.492 e. The van der Waals surface area contributed by atoms with Gasteiger partial charge in [-0.15, -0.1) is 24.8 Å². The first kappa shape index (κ1) is 27.0. The zero-order valence-corrected chi connectivity index (χ0v) is 19.0. The molecule has 0 aliphatic carbocycles. The van der Waals surface area contributed by atoms with E-state index in [1.54, 1.807) is 7.11 Å². The molecule has 4 nitrogen and oxygen atoms in total. The van der Waals surface area contributed by atoms with E-state index in [1.807, 2.05) is 43.4 Å². The number of likely N-dealkylation sites (N-methyl/N-ethyl adjacent to an activating group) is 1. The molecule has 2 unspecified atom stereocenters. The molecule has 0 spiro atoms. The van der Waals surface area contributed by atoms with Gasteiger partial charge in [0.25, 0.3) is 0 Å². The van der Waals surface area contributed by atoms with Crippen LogP contribution in [0.5, 0.6) is 5.75 Å². The minimum absolute atomic E-state index is 0. The Bertz CT molecular complexity index is 656. The van der Waals surface area contributed by atoms with Gasteiger partial charge in [-0.2, -0.15) is 0 Å². The monoisotopic (exact) mass is 448 g/mol. The van der Waals surface area contributed by atoms with Gasteiger partial charge in [0.1, 0.15) is 12.4 Å². The SMILES string of the molecule is CNCCOc1ccc(CC(C)NCC(OC)c2cccc(Cl)c2)cc1.Cl.Cl. The smallest absolute Gasteiger partial charge is 0.119 e. The minimum atomic E-state index is -0.0147. The summed E-state index contributed by atoms with van der Waals surface area (Å²) in [6.07, 6.45) is 0.932. The van der Waals surface area contributed by atoms with Crippen LogP contribution in [0.2, 0.25) is 5.02 Å². The fourth-order valence-electron chi connectivity index (χ4n) is 2.77. The Hall–Kier alpha value is -1.01. The van der Waals surface area contributed by atoms with E-state index in [9.17, 15) is 0 Å². The zero-order chi connectivity index (χ0) is 18.8. The number of methoxy groups -OCH3 is 1. The summed E-state index contributed by atoms with van der Waals surface area (Å²) in [4.78, 5) is 0. The van der Waals surface area contributed by atoms with Crippen molar-refractivity contribution in [2.75, 3.05) is 33.9 Å². The van der Waals surface area contributed by atoms with Gasteiger partial charge >= 0.3 is 0 Å². The van der Waals surface area contributed by atoms with Crippen molar-refractivity contribution < 1.29 is 9.47 Å². The first-order valence-corrected chi connectivity index (χ1v) is 9.38. The summed E-state index contributed by atoms with van der Waals surface area (Å²) in [6, 6.07) is 16.5. The summed E-state index contributed by atoms with van der Waals surface area (Å²) in [5, 5.41) is 7.35. The molecule has 0 aromatic heterocycles. The van der Waals surface area contributed by atoms with Gasteiger partial charge in [-0.3, -0.25) is 0 Å². The number of hydrogen-bond acceptors (Lipinski definition) is 4. The Morgan fingerprint density at radius 1 is 1.07 bits per heavy atom. The highest BCUT2D eigenvalue weighted by Gasteiger charge is 2.12. The number of rotatable bonds is 11. The Morgan fingerprint density at radius 2 is 1.79 bits per heavy atom. The normalized spacial score (nSPS) is 12.4. The van der Waals surface area contributed by atoms with Crippen LogP contribution in [-0.2, 0) is 11.2 Å². The zero-order valence-electron chi connectivity index (χ0n) is 16.6. The molecule has 7 heteroatoms. The van der Waals surface area contributed by atoms with Crippen LogP contribution in [0.3, 0.4) is 0 Å². The highest BCUT2D eigenvalue weighted by atomic mass is 35.5. The minimum Gasteiger partial charge on any atom is -0.492 e. The van der Waals surface area contributed by atoms with Gasteiger partial charge < -0.3 is 20.1 Å². The van der Waals surface area contributed by atoms with Crippen LogP contribution in [0.25, 0.3) is 0 Å². The quantitative estimate of drug-likeness (QED) is 0.488. The van der Waals surface area contributed by atoms with Crippen LogP contribution in [0.4, 0.5) is 0 Å². The van der Waals surface area contributed by atoms with Crippen molar-refractivity contribution in [3.63, 3.8) is 0 Å². The topological polar surface area (TPSA) is 42.5 Å². The Morgan fingerprint density at radius 3 is 2.39 bits per heavy atom. The fraction of sp³-hybridized carbons (Fsp3) is 0.429. The van der Waals surface area contributed by atoms with Gasteiger partial charge in [0.2, 0.25) is 0 Å². The number of nitrogens with one attached hydrogen (secondary N) is 2. The molecule has 2 aromatic rings. The lowest BCUT2D eigenvalue weighted by Gasteiger charge is -2.20. The second-order valence-corrected chi connectivity index (χ2v) is 6.83. The molecular weight excluding hydrogens is 419 g/mol. The molecule has 0 saturated carbocycles. The number of halogens is 3. The van der Waals surface area contributed by atoms with E-state index < -0.39 is 0 Å². The molecule has 2 N–H and O–H groups in total. The first-order valence-electron chi connectivity index (χ1n) is 9.00. The molecule has 2 rings (SSSR count). The molecule has 0 bridgehead atoms. The van der Waals surface area contributed by atoms with Crippen molar-refractivity contribution in [2.45, 2.75) is 25.5 Å².